The number of pyridine rings is 1. The van der Waals surface area contributed by atoms with E-state index in [9.17, 15) is 14.4 Å². The lowest BCUT2D eigenvalue weighted by Gasteiger charge is -2.42. The van der Waals surface area contributed by atoms with Crippen molar-refractivity contribution in [1.82, 2.24) is 14.8 Å². The van der Waals surface area contributed by atoms with Crippen LogP contribution in [0.3, 0.4) is 0 Å². The molecule has 1 aromatic carbocycles. The second-order valence-corrected chi connectivity index (χ2v) is 8.88. The summed E-state index contributed by atoms with van der Waals surface area (Å²) in [7, 11) is 0. The van der Waals surface area contributed by atoms with Gasteiger partial charge in [0.1, 0.15) is 5.75 Å². The number of piperidine rings is 1. The summed E-state index contributed by atoms with van der Waals surface area (Å²) in [4.78, 5) is 41.4. The third kappa shape index (κ3) is 3.85. The molecule has 0 radical (unpaired) electrons. The van der Waals surface area contributed by atoms with Crippen LogP contribution in [0, 0.1) is 5.92 Å². The molecular formula is C24H28N4O4. The summed E-state index contributed by atoms with van der Waals surface area (Å²) in [5, 5.41) is 3.07. The van der Waals surface area contributed by atoms with Crippen LogP contribution in [0.15, 0.2) is 47.3 Å². The number of likely N-dealkylation sites (tertiary alicyclic amines) is 1. The molecule has 3 unspecified atom stereocenters. The molecule has 2 fully saturated rings. The smallest absolute Gasteiger partial charge is 0.317 e. The van der Waals surface area contributed by atoms with Gasteiger partial charge in [0.25, 0.3) is 5.56 Å². The van der Waals surface area contributed by atoms with Gasteiger partial charge in [-0.05, 0) is 49.6 Å². The Hall–Kier alpha value is -3.29. The second-order valence-electron chi connectivity index (χ2n) is 8.88. The number of rotatable bonds is 4. The number of hydrogen-bond donors (Lipinski definition) is 1. The zero-order valence-corrected chi connectivity index (χ0v) is 18.2. The molecule has 168 valence electrons. The van der Waals surface area contributed by atoms with E-state index >= 15 is 0 Å². The van der Waals surface area contributed by atoms with Crippen LogP contribution in [0.1, 0.15) is 31.4 Å². The first-order valence-electron chi connectivity index (χ1n) is 11.3. The minimum atomic E-state index is -0.224. The largest absolute Gasteiger partial charge is 0.494 e. The molecule has 3 aliphatic rings. The summed E-state index contributed by atoms with van der Waals surface area (Å²) in [5.41, 5.74) is 1.86. The van der Waals surface area contributed by atoms with Gasteiger partial charge in [-0.2, -0.15) is 0 Å². The number of nitrogens with one attached hydrogen (secondary N) is 1. The van der Waals surface area contributed by atoms with E-state index in [2.05, 4.69) is 5.32 Å². The fraction of sp³-hybridized carbons (Fsp3) is 0.458. The van der Waals surface area contributed by atoms with Gasteiger partial charge in [-0.1, -0.05) is 6.07 Å². The Morgan fingerprint density at radius 2 is 1.88 bits per heavy atom. The van der Waals surface area contributed by atoms with Crippen LogP contribution >= 0.6 is 0 Å². The van der Waals surface area contributed by atoms with Crippen molar-refractivity contribution in [2.75, 3.05) is 31.1 Å². The van der Waals surface area contributed by atoms with Gasteiger partial charge in [0.15, 0.2) is 0 Å². The number of urea groups is 1. The van der Waals surface area contributed by atoms with E-state index in [0.717, 1.165) is 23.6 Å². The van der Waals surface area contributed by atoms with Gasteiger partial charge >= 0.3 is 6.03 Å². The van der Waals surface area contributed by atoms with Crippen LogP contribution in [0.2, 0.25) is 0 Å². The molecule has 8 heteroatoms. The van der Waals surface area contributed by atoms with Gasteiger partial charge in [-0.15, -0.1) is 0 Å². The molecule has 2 aromatic rings. The number of hydrogen-bond acceptors (Lipinski definition) is 4. The first-order chi connectivity index (χ1) is 15.5. The molecule has 1 N–H and O–H groups in total. The van der Waals surface area contributed by atoms with E-state index in [-0.39, 0.29) is 41.8 Å². The van der Waals surface area contributed by atoms with Gasteiger partial charge < -0.3 is 24.4 Å². The van der Waals surface area contributed by atoms with Crippen molar-refractivity contribution in [1.29, 1.82) is 0 Å². The number of amides is 3. The molecule has 3 atom stereocenters. The summed E-state index contributed by atoms with van der Waals surface area (Å²) in [6.07, 6.45) is 1.29. The predicted molar refractivity (Wildman–Crippen MR) is 120 cm³/mol. The molecule has 4 heterocycles. The highest BCUT2D eigenvalue weighted by atomic mass is 16.5. The van der Waals surface area contributed by atoms with Crippen molar-refractivity contribution in [3.63, 3.8) is 0 Å². The maximum absolute atomic E-state index is 13.0. The van der Waals surface area contributed by atoms with E-state index in [1.54, 1.807) is 17.0 Å². The molecule has 2 saturated heterocycles. The highest BCUT2D eigenvalue weighted by molar-refractivity contribution is 5.96. The zero-order valence-electron chi connectivity index (χ0n) is 18.2. The van der Waals surface area contributed by atoms with Crippen LogP contribution in [0.4, 0.5) is 10.5 Å². The lowest BCUT2D eigenvalue weighted by Crippen LogP contribution is -2.53. The Morgan fingerprint density at radius 3 is 2.66 bits per heavy atom. The minimum absolute atomic E-state index is 0.00303. The molecule has 0 aliphatic carbocycles. The third-order valence-corrected chi connectivity index (χ3v) is 6.68. The molecule has 2 bridgehead atoms. The van der Waals surface area contributed by atoms with Crippen LogP contribution < -0.4 is 20.5 Å². The molecule has 3 amide bonds. The number of aromatic nitrogens is 1. The number of fused-ring (bicyclic) bond motifs is 4. The van der Waals surface area contributed by atoms with Gasteiger partial charge in [-0.25, -0.2) is 4.79 Å². The average molecular weight is 437 g/mol. The van der Waals surface area contributed by atoms with Crippen LogP contribution in [0.25, 0.3) is 0 Å². The fourth-order valence-corrected chi connectivity index (χ4v) is 5.27. The number of benzene rings is 1. The Morgan fingerprint density at radius 1 is 1.06 bits per heavy atom. The molecule has 8 nitrogen and oxygen atoms in total. The molecule has 32 heavy (non-hydrogen) atoms. The molecule has 3 aliphatic heterocycles. The highest BCUT2D eigenvalue weighted by Crippen LogP contribution is 2.35. The predicted octanol–water partition coefficient (Wildman–Crippen LogP) is 2.18. The summed E-state index contributed by atoms with van der Waals surface area (Å²) in [6.45, 7) is 4.86. The Bertz CT molecular complexity index is 1080. The van der Waals surface area contributed by atoms with Gasteiger partial charge in [0.2, 0.25) is 5.91 Å². The first kappa shape index (κ1) is 20.6. The van der Waals surface area contributed by atoms with Crippen LogP contribution in [0.5, 0.6) is 5.75 Å². The van der Waals surface area contributed by atoms with Crippen LogP contribution in [-0.4, -0.2) is 53.7 Å². The van der Waals surface area contributed by atoms with E-state index in [1.807, 2.05) is 46.7 Å². The van der Waals surface area contributed by atoms with E-state index in [1.165, 1.54) is 0 Å². The van der Waals surface area contributed by atoms with Crippen molar-refractivity contribution in [3.05, 3.63) is 58.5 Å². The van der Waals surface area contributed by atoms with E-state index < -0.39 is 0 Å². The summed E-state index contributed by atoms with van der Waals surface area (Å²) < 4.78 is 7.33. The fourth-order valence-electron chi connectivity index (χ4n) is 5.27. The third-order valence-electron chi connectivity index (χ3n) is 6.68. The lowest BCUT2D eigenvalue weighted by molar-refractivity contribution is -0.117. The number of ether oxygens (including phenoxy) is 1. The van der Waals surface area contributed by atoms with Crippen molar-refractivity contribution in [2.24, 2.45) is 5.92 Å². The Balaban J connectivity index is 1.22. The Kier molecular flexibility index (Phi) is 5.36. The molecule has 0 saturated carbocycles. The minimum Gasteiger partial charge on any atom is -0.494 e. The summed E-state index contributed by atoms with van der Waals surface area (Å²) >= 11 is 0. The maximum Gasteiger partial charge on any atom is 0.317 e. The van der Waals surface area contributed by atoms with Crippen molar-refractivity contribution in [2.45, 2.75) is 38.3 Å². The number of carbonyl (C=O) groups excluding carboxylic acids is 2. The standard InChI is InChI=1S/C24H28N4O4/c1-2-32-20-8-6-19(7-9-20)27-15-18(11-23(27)30)25-24(31)26-12-16-10-17(14-26)21-4-3-5-22(29)28(21)13-16/h3-9,16-18H,2,10-15H2,1H3,(H,25,31). The SMILES string of the molecule is CCOc1ccc(N2CC(NC(=O)N3CC4CC(C3)c3cccc(=O)n3C4)CC2=O)cc1. The van der Waals surface area contributed by atoms with Crippen molar-refractivity contribution >= 4 is 17.6 Å². The second kappa shape index (κ2) is 8.33. The number of nitrogens with zero attached hydrogens (tertiary/aromatic N) is 3. The molecule has 1 aromatic heterocycles. The van der Waals surface area contributed by atoms with Crippen molar-refractivity contribution in [3.8, 4) is 5.75 Å². The van der Waals surface area contributed by atoms with E-state index in [4.69, 9.17) is 4.74 Å². The number of carbonyl (C=O) groups is 2. The topological polar surface area (TPSA) is 83.9 Å². The number of anilines is 1. The molecule has 5 rings (SSSR count). The monoisotopic (exact) mass is 436 g/mol. The Labute approximate surface area is 186 Å². The van der Waals surface area contributed by atoms with Crippen LogP contribution in [-0.2, 0) is 11.3 Å². The maximum atomic E-state index is 13.0. The lowest BCUT2D eigenvalue weighted by atomic mass is 9.83. The average Bonchev–Trinajstić information content (AvgIpc) is 3.15. The molecule has 0 spiro atoms. The zero-order chi connectivity index (χ0) is 22.2. The summed E-state index contributed by atoms with van der Waals surface area (Å²) in [5.74, 6) is 1.22. The van der Waals surface area contributed by atoms with Gasteiger partial charge in [0.05, 0.1) is 12.6 Å². The van der Waals surface area contributed by atoms with Gasteiger partial charge in [0, 0.05) is 56.0 Å². The quantitative estimate of drug-likeness (QED) is 0.796. The normalized spacial score (nSPS) is 24.3. The van der Waals surface area contributed by atoms with E-state index in [0.29, 0.717) is 32.8 Å². The van der Waals surface area contributed by atoms with Crippen molar-refractivity contribution < 1.29 is 14.3 Å². The molecular weight excluding hydrogens is 408 g/mol. The summed E-state index contributed by atoms with van der Waals surface area (Å²) in [6, 6.07) is 12.5. The first-order valence-corrected chi connectivity index (χ1v) is 11.3. The highest BCUT2D eigenvalue weighted by Gasteiger charge is 2.38. The van der Waals surface area contributed by atoms with Gasteiger partial charge in [-0.3, -0.25) is 9.59 Å².